The highest BCUT2D eigenvalue weighted by molar-refractivity contribution is 5.71. The van der Waals surface area contributed by atoms with Crippen molar-refractivity contribution >= 4 is 11.2 Å². The van der Waals surface area contributed by atoms with Crippen LogP contribution >= 0.6 is 0 Å². The smallest absolute Gasteiger partial charge is 0.159 e. The highest BCUT2D eigenvalue weighted by Crippen LogP contribution is 2.23. The van der Waals surface area contributed by atoms with Gasteiger partial charge in [0.2, 0.25) is 0 Å². The maximum absolute atomic E-state index is 4.82. The minimum Gasteiger partial charge on any atom is -0.312 e. The van der Waals surface area contributed by atoms with E-state index >= 15 is 0 Å². The van der Waals surface area contributed by atoms with Gasteiger partial charge in [-0.3, -0.25) is 0 Å². The van der Waals surface area contributed by atoms with Crippen LogP contribution in [-0.4, -0.2) is 39.1 Å². The van der Waals surface area contributed by atoms with E-state index in [1.165, 1.54) is 25.3 Å². The van der Waals surface area contributed by atoms with Crippen molar-refractivity contribution in [1.29, 1.82) is 0 Å². The van der Waals surface area contributed by atoms with Gasteiger partial charge in [-0.15, -0.1) is 0 Å². The van der Waals surface area contributed by atoms with Gasteiger partial charge in [-0.05, 0) is 43.5 Å². The van der Waals surface area contributed by atoms with Crippen molar-refractivity contribution in [2.24, 2.45) is 11.8 Å². The summed E-state index contributed by atoms with van der Waals surface area (Å²) in [5, 5.41) is 0. The first-order valence-electron chi connectivity index (χ1n) is 8.19. The van der Waals surface area contributed by atoms with E-state index < -0.39 is 0 Å². The molecule has 2 aromatic heterocycles. The Labute approximate surface area is 127 Å². The van der Waals surface area contributed by atoms with Gasteiger partial charge in [0.05, 0.1) is 0 Å². The SMILES string of the molecule is CCN1CCC(Cn2c(CC(C)C)nc3cccnc32)C1. The molecule has 1 unspecified atom stereocenters. The zero-order chi connectivity index (χ0) is 14.8. The Morgan fingerprint density at radius 2 is 2.24 bits per heavy atom. The fourth-order valence-electron chi connectivity index (χ4n) is 3.33. The summed E-state index contributed by atoms with van der Waals surface area (Å²) >= 11 is 0. The number of fused-ring (bicyclic) bond motifs is 1. The molecule has 2 aromatic rings. The van der Waals surface area contributed by atoms with Crippen molar-refractivity contribution in [1.82, 2.24) is 19.4 Å². The molecule has 0 radical (unpaired) electrons. The minimum absolute atomic E-state index is 0.622. The van der Waals surface area contributed by atoms with Crippen molar-refractivity contribution in [3.05, 3.63) is 24.2 Å². The second kappa shape index (κ2) is 6.14. The molecule has 1 fully saturated rings. The Hall–Kier alpha value is -1.42. The zero-order valence-electron chi connectivity index (χ0n) is 13.4. The third kappa shape index (κ3) is 3.10. The number of pyridine rings is 1. The van der Waals surface area contributed by atoms with Crippen LogP contribution in [0.15, 0.2) is 18.3 Å². The van der Waals surface area contributed by atoms with Gasteiger partial charge in [-0.1, -0.05) is 20.8 Å². The molecule has 4 heteroatoms. The Balaban J connectivity index is 1.88. The quantitative estimate of drug-likeness (QED) is 0.847. The van der Waals surface area contributed by atoms with Crippen molar-refractivity contribution in [2.75, 3.05) is 19.6 Å². The van der Waals surface area contributed by atoms with Crippen LogP contribution in [0.1, 0.15) is 33.0 Å². The van der Waals surface area contributed by atoms with Crippen molar-refractivity contribution in [3.63, 3.8) is 0 Å². The van der Waals surface area contributed by atoms with Gasteiger partial charge in [0.15, 0.2) is 5.65 Å². The fraction of sp³-hybridized carbons (Fsp3) is 0.647. The van der Waals surface area contributed by atoms with E-state index in [0.717, 1.165) is 36.6 Å². The maximum atomic E-state index is 4.82. The highest BCUT2D eigenvalue weighted by Gasteiger charge is 2.23. The molecule has 0 aromatic carbocycles. The molecule has 0 bridgehead atoms. The van der Waals surface area contributed by atoms with Crippen molar-refractivity contribution in [3.8, 4) is 0 Å². The number of nitrogens with zero attached hydrogens (tertiary/aromatic N) is 4. The van der Waals surface area contributed by atoms with E-state index in [2.05, 4.69) is 41.3 Å². The van der Waals surface area contributed by atoms with Crippen LogP contribution in [0, 0.1) is 11.8 Å². The van der Waals surface area contributed by atoms with Gasteiger partial charge in [-0.25, -0.2) is 9.97 Å². The molecule has 0 aliphatic carbocycles. The molecular weight excluding hydrogens is 260 g/mol. The molecule has 21 heavy (non-hydrogen) atoms. The lowest BCUT2D eigenvalue weighted by Gasteiger charge is -2.16. The van der Waals surface area contributed by atoms with Crippen LogP contribution in [0.4, 0.5) is 0 Å². The van der Waals surface area contributed by atoms with E-state index in [1.807, 2.05) is 12.3 Å². The number of rotatable bonds is 5. The van der Waals surface area contributed by atoms with Crippen LogP contribution in [0.5, 0.6) is 0 Å². The Kier molecular flexibility index (Phi) is 4.24. The summed E-state index contributed by atoms with van der Waals surface area (Å²) in [6.07, 6.45) is 4.20. The van der Waals surface area contributed by atoms with E-state index in [1.54, 1.807) is 0 Å². The van der Waals surface area contributed by atoms with Crippen LogP contribution in [0.25, 0.3) is 11.2 Å². The summed E-state index contributed by atoms with van der Waals surface area (Å²) in [5.74, 6) is 2.56. The standard InChI is InChI=1S/C17H26N4/c1-4-20-9-7-14(11-20)12-21-16(10-13(2)3)19-15-6-5-8-18-17(15)21/h5-6,8,13-14H,4,7,9-12H2,1-3H3. The number of aromatic nitrogens is 3. The summed E-state index contributed by atoms with van der Waals surface area (Å²) in [6, 6.07) is 4.06. The third-order valence-electron chi connectivity index (χ3n) is 4.43. The molecule has 0 saturated carbocycles. The first-order valence-corrected chi connectivity index (χ1v) is 8.19. The van der Waals surface area contributed by atoms with Crippen molar-refractivity contribution in [2.45, 2.75) is 40.2 Å². The molecule has 0 N–H and O–H groups in total. The van der Waals surface area contributed by atoms with Crippen LogP contribution in [0.2, 0.25) is 0 Å². The maximum Gasteiger partial charge on any atom is 0.159 e. The average molecular weight is 286 g/mol. The van der Waals surface area contributed by atoms with E-state index in [4.69, 9.17) is 4.98 Å². The Morgan fingerprint density at radius 3 is 2.95 bits per heavy atom. The van der Waals surface area contributed by atoms with Gasteiger partial charge in [-0.2, -0.15) is 0 Å². The van der Waals surface area contributed by atoms with Gasteiger partial charge in [0.1, 0.15) is 11.3 Å². The number of hydrogen-bond donors (Lipinski definition) is 0. The topological polar surface area (TPSA) is 34.0 Å². The first-order chi connectivity index (χ1) is 10.2. The highest BCUT2D eigenvalue weighted by atomic mass is 15.2. The summed E-state index contributed by atoms with van der Waals surface area (Å²) < 4.78 is 2.37. The predicted molar refractivity (Wildman–Crippen MR) is 86.3 cm³/mol. The second-order valence-electron chi connectivity index (χ2n) is 6.63. The second-order valence-corrected chi connectivity index (χ2v) is 6.63. The molecule has 4 nitrogen and oxygen atoms in total. The molecule has 1 aliphatic rings. The average Bonchev–Trinajstić information content (AvgIpc) is 3.04. The lowest BCUT2D eigenvalue weighted by molar-refractivity contribution is 0.332. The van der Waals surface area contributed by atoms with Crippen LogP contribution < -0.4 is 0 Å². The molecule has 0 amide bonds. The fourth-order valence-corrected chi connectivity index (χ4v) is 3.33. The molecule has 3 rings (SSSR count). The normalized spacial score (nSPS) is 19.9. The number of likely N-dealkylation sites (tertiary alicyclic amines) is 1. The van der Waals surface area contributed by atoms with Gasteiger partial charge < -0.3 is 9.47 Å². The summed E-state index contributed by atoms with van der Waals surface area (Å²) in [7, 11) is 0. The Morgan fingerprint density at radius 1 is 1.38 bits per heavy atom. The predicted octanol–water partition coefficient (Wildman–Crippen LogP) is 2.97. The third-order valence-corrected chi connectivity index (χ3v) is 4.43. The van der Waals surface area contributed by atoms with Crippen molar-refractivity contribution < 1.29 is 0 Å². The van der Waals surface area contributed by atoms with Gasteiger partial charge in [0.25, 0.3) is 0 Å². The molecule has 114 valence electrons. The monoisotopic (exact) mass is 286 g/mol. The van der Waals surface area contributed by atoms with Crippen LogP contribution in [-0.2, 0) is 13.0 Å². The molecule has 1 aliphatic heterocycles. The molecule has 3 heterocycles. The van der Waals surface area contributed by atoms with Gasteiger partial charge >= 0.3 is 0 Å². The van der Waals surface area contributed by atoms with E-state index in [9.17, 15) is 0 Å². The van der Waals surface area contributed by atoms with Crippen LogP contribution in [0.3, 0.4) is 0 Å². The van der Waals surface area contributed by atoms with E-state index in [0.29, 0.717) is 5.92 Å². The largest absolute Gasteiger partial charge is 0.312 e. The Bertz CT molecular complexity index is 602. The zero-order valence-corrected chi connectivity index (χ0v) is 13.4. The summed E-state index contributed by atoms with van der Waals surface area (Å²) in [4.78, 5) is 11.9. The van der Waals surface area contributed by atoms with Gasteiger partial charge in [0, 0.05) is 25.7 Å². The lowest BCUT2D eigenvalue weighted by atomic mass is 10.1. The first kappa shape index (κ1) is 14.5. The lowest BCUT2D eigenvalue weighted by Crippen LogP contribution is -2.22. The molecule has 1 atom stereocenters. The molecule has 0 spiro atoms. The molecule has 1 saturated heterocycles. The van der Waals surface area contributed by atoms with E-state index in [-0.39, 0.29) is 0 Å². The summed E-state index contributed by atoms with van der Waals surface area (Å²) in [5.41, 5.74) is 2.10. The minimum atomic E-state index is 0.622. The molecular formula is C17H26N4. The summed E-state index contributed by atoms with van der Waals surface area (Å²) in [6.45, 7) is 11.4. The number of imidazole rings is 1. The number of hydrogen-bond acceptors (Lipinski definition) is 3.